The van der Waals surface area contributed by atoms with Crippen molar-refractivity contribution in [2.45, 2.75) is 30.2 Å². The second kappa shape index (κ2) is 10.6. The van der Waals surface area contributed by atoms with Crippen LogP contribution in [0, 0.1) is 0 Å². The van der Waals surface area contributed by atoms with Crippen molar-refractivity contribution >= 4 is 35.4 Å². The summed E-state index contributed by atoms with van der Waals surface area (Å²) < 4.78 is 0. The second-order valence-electron chi connectivity index (χ2n) is 4.50. The maximum atomic E-state index is 11.7. The molecule has 1 amide bonds. The third-order valence-corrected chi connectivity index (χ3v) is 4.55. The lowest BCUT2D eigenvalue weighted by Gasteiger charge is -2.13. The molecule has 1 atom stereocenters. The van der Waals surface area contributed by atoms with Crippen molar-refractivity contribution in [2.75, 3.05) is 17.8 Å². The number of hydrogen-bond donors (Lipinski definition) is 2. The molecule has 1 rings (SSSR count). The molecule has 21 heavy (non-hydrogen) atoms. The molecule has 1 aromatic rings. The molecule has 4 nitrogen and oxygen atoms in total. The van der Waals surface area contributed by atoms with Crippen LogP contribution in [0.5, 0.6) is 0 Å². The first-order valence-electron chi connectivity index (χ1n) is 6.82. The van der Waals surface area contributed by atoms with Gasteiger partial charge in [-0.2, -0.15) is 11.8 Å². The van der Waals surface area contributed by atoms with Gasteiger partial charge in [0.15, 0.2) is 0 Å². The zero-order valence-electron chi connectivity index (χ0n) is 12.1. The first kappa shape index (κ1) is 17.9. The van der Waals surface area contributed by atoms with Gasteiger partial charge in [-0.15, -0.1) is 11.8 Å². The van der Waals surface area contributed by atoms with Gasteiger partial charge in [-0.1, -0.05) is 18.2 Å². The Morgan fingerprint density at radius 2 is 1.95 bits per heavy atom. The average molecular weight is 327 g/mol. The third-order valence-electron chi connectivity index (χ3n) is 2.80. The smallest absolute Gasteiger partial charge is 0.326 e. The van der Waals surface area contributed by atoms with Gasteiger partial charge in [-0.25, -0.2) is 4.79 Å². The Balaban J connectivity index is 2.21. The van der Waals surface area contributed by atoms with Gasteiger partial charge in [0.05, 0.1) is 0 Å². The fraction of sp³-hybridized carbons (Fsp3) is 0.467. The van der Waals surface area contributed by atoms with E-state index in [4.69, 9.17) is 5.11 Å². The highest BCUT2D eigenvalue weighted by atomic mass is 32.2. The number of carbonyl (C=O) groups excluding carboxylic acids is 1. The van der Waals surface area contributed by atoms with Gasteiger partial charge in [0.25, 0.3) is 0 Å². The summed E-state index contributed by atoms with van der Waals surface area (Å²) in [6, 6.07) is 9.24. The summed E-state index contributed by atoms with van der Waals surface area (Å²) >= 11 is 3.28. The van der Waals surface area contributed by atoms with E-state index in [2.05, 4.69) is 5.32 Å². The normalized spacial score (nSPS) is 11.9. The average Bonchev–Trinajstić information content (AvgIpc) is 2.48. The fourth-order valence-corrected chi connectivity index (χ4v) is 3.04. The Labute approximate surface area is 134 Å². The molecule has 0 aliphatic carbocycles. The number of carbonyl (C=O) groups is 2. The summed E-state index contributed by atoms with van der Waals surface area (Å²) in [5.74, 6) is 0.425. The van der Waals surface area contributed by atoms with E-state index < -0.39 is 12.0 Å². The minimum atomic E-state index is -0.962. The number of amides is 1. The molecular weight excluding hydrogens is 306 g/mol. The van der Waals surface area contributed by atoms with E-state index in [0.29, 0.717) is 12.8 Å². The molecule has 0 fully saturated rings. The predicted molar refractivity (Wildman–Crippen MR) is 89.0 cm³/mol. The van der Waals surface area contributed by atoms with Crippen LogP contribution in [0.3, 0.4) is 0 Å². The van der Waals surface area contributed by atoms with Crippen LogP contribution in [0.25, 0.3) is 0 Å². The Kier molecular flexibility index (Phi) is 9.01. The van der Waals surface area contributed by atoms with Gasteiger partial charge in [-0.3, -0.25) is 4.79 Å². The molecule has 1 aromatic carbocycles. The largest absolute Gasteiger partial charge is 0.480 e. The first-order valence-corrected chi connectivity index (χ1v) is 9.20. The molecule has 0 aliphatic heterocycles. The molecule has 0 aliphatic rings. The Hall–Kier alpha value is -1.14. The van der Waals surface area contributed by atoms with Gasteiger partial charge < -0.3 is 10.4 Å². The molecule has 0 aromatic heterocycles. The number of rotatable bonds is 10. The molecule has 0 saturated carbocycles. The summed E-state index contributed by atoms with van der Waals surface area (Å²) in [7, 11) is 0. The van der Waals surface area contributed by atoms with Gasteiger partial charge in [0.2, 0.25) is 5.91 Å². The minimum absolute atomic E-state index is 0.183. The lowest BCUT2D eigenvalue weighted by Crippen LogP contribution is -2.41. The highest BCUT2D eigenvalue weighted by Gasteiger charge is 2.18. The van der Waals surface area contributed by atoms with E-state index in [1.807, 2.05) is 36.6 Å². The molecular formula is C15H21NO3S2. The third kappa shape index (κ3) is 8.02. The Bertz CT molecular complexity index is 440. The summed E-state index contributed by atoms with van der Waals surface area (Å²) in [6.07, 6.45) is 3.48. The highest BCUT2D eigenvalue weighted by molar-refractivity contribution is 7.99. The van der Waals surface area contributed by atoms with E-state index in [1.54, 1.807) is 23.5 Å². The fourth-order valence-electron chi connectivity index (χ4n) is 1.70. The number of benzene rings is 1. The number of nitrogens with one attached hydrogen (secondary N) is 1. The molecule has 0 bridgehead atoms. The van der Waals surface area contributed by atoms with Crippen molar-refractivity contribution in [2.24, 2.45) is 0 Å². The quantitative estimate of drug-likeness (QED) is 0.511. The van der Waals surface area contributed by atoms with Gasteiger partial charge in [0.1, 0.15) is 6.04 Å². The summed E-state index contributed by atoms with van der Waals surface area (Å²) in [5.41, 5.74) is 0. The molecule has 0 spiro atoms. The van der Waals surface area contributed by atoms with Crippen LogP contribution in [0.15, 0.2) is 35.2 Å². The maximum absolute atomic E-state index is 11.7. The van der Waals surface area contributed by atoms with Crippen molar-refractivity contribution in [1.29, 1.82) is 0 Å². The number of carboxylic acids is 1. The Morgan fingerprint density at radius 1 is 1.24 bits per heavy atom. The number of hydrogen-bond acceptors (Lipinski definition) is 4. The van der Waals surface area contributed by atoms with Crippen LogP contribution in [-0.4, -0.2) is 40.8 Å². The van der Waals surface area contributed by atoms with E-state index in [-0.39, 0.29) is 5.91 Å². The SMILES string of the molecule is CSCC[C@H](NC(=O)CCCSc1ccccc1)C(=O)O. The van der Waals surface area contributed by atoms with Gasteiger partial charge in [-0.05, 0) is 42.7 Å². The van der Waals surface area contributed by atoms with Gasteiger partial charge >= 0.3 is 5.97 Å². The zero-order chi connectivity index (χ0) is 15.5. The molecule has 2 N–H and O–H groups in total. The topological polar surface area (TPSA) is 66.4 Å². The highest BCUT2D eigenvalue weighted by Crippen LogP contribution is 2.18. The summed E-state index contributed by atoms with van der Waals surface area (Å²) in [4.78, 5) is 24.0. The van der Waals surface area contributed by atoms with Crippen molar-refractivity contribution in [3.8, 4) is 0 Å². The van der Waals surface area contributed by atoms with Crippen LogP contribution in [0.4, 0.5) is 0 Å². The van der Waals surface area contributed by atoms with Crippen molar-refractivity contribution in [3.63, 3.8) is 0 Å². The van der Waals surface area contributed by atoms with Gasteiger partial charge in [0, 0.05) is 11.3 Å². The van der Waals surface area contributed by atoms with Crippen molar-refractivity contribution < 1.29 is 14.7 Å². The molecule has 0 heterocycles. The van der Waals surface area contributed by atoms with Crippen molar-refractivity contribution in [3.05, 3.63) is 30.3 Å². The molecule has 0 saturated heterocycles. The van der Waals surface area contributed by atoms with E-state index in [1.165, 1.54) is 4.90 Å². The number of thioether (sulfide) groups is 2. The minimum Gasteiger partial charge on any atom is -0.480 e. The Morgan fingerprint density at radius 3 is 2.57 bits per heavy atom. The van der Waals surface area contributed by atoms with Crippen LogP contribution >= 0.6 is 23.5 Å². The number of carboxylic acid groups (broad SMARTS) is 1. The van der Waals surface area contributed by atoms with E-state index in [9.17, 15) is 9.59 Å². The standard InChI is InChI=1S/C15H21NO3S2/c1-20-11-9-13(15(18)19)16-14(17)8-5-10-21-12-6-3-2-4-7-12/h2-4,6-7,13H,5,8-11H2,1H3,(H,16,17)(H,18,19)/t13-/m0/s1. The lowest BCUT2D eigenvalue weighted by molar-refractivity contribution is -0.141. The lowest BCUT2D eigenvalue weighted by atomic mass is 10.2. The predicted octanol–water partition coefficient (Wildman–Crippen LogP) is 2.88. The van der Waals surface area contributed by atoms with Crippen LogP contribution in [-0.2, 0) is 9.59 Å². The van der Waals surface area contributed by atoms with Crippen LogP contribution < -0.4 is 5.32 Å². The van der Waals surface area contributed by atoms with Crippen LogP contribution in [0.2, 0.25) is 0 Å². The monoisotopic (exact) mass is 327 g/mol. The van der Waals surface area contributed by atoms with E-state index >= 15 is 0 Å². The summed E-state index contributed by atoms with van der Waals surface area (Å²) in [6.45, 7) is 0. The van der Waals surface area contributed by atoms with Crippen LogP contribution in [0.1, 0.15) is 19.3 Å². The van der Waals surface area contributed by atoms with E-state index in [0.717, 1.165) is 17.9 Å². The molecule has 116 valence electrons. The zero-order valence-corrected chi connectivity index (χ0v) is 13.7. The maximum Gasteiger partial charge on any atom is 0.326 e. The van der Waals surface area contributed by atoms with Crippen molar-refractivity contribution in [1.82, 2.24) is 5.32 Å². The molecule has 6 heteroatoms. The second-order valence-corrected chi connectivity index (χ2v) is 6.66. The molecule has 0 radical (unpaired) electrons. The summed E-state index contributed by atoms with van der Waals surface area (Å²) in [5, 5.41) is 11.6. The number of aliphatic carboxylic acids is 1. The molecule has 0 unspecified atom stereocenters. The first-order chi connectivity index (χ1) is 10.1.